The number of hydrogen-bond acceptors (Lipinski definition) is 2. The smallest absolute Gasteiger partial charge is 0.257 e. The molecule has 0 aromatic heterocycles. The average molecular weight is 365 g/mol. The molecule has 0 atom stereocenters. The third kappa shape index (κ3) is 4.14. The van der Waals surface area contributed by atoms with Gasteiger partial charge in [0.2, 0.25) is 5.91 Å². The molecule has 0 bridgehead atoms. The molecule has 0 aliphatic rings. The van der Waals surface area contributed by atoms with E-state index in [0.717, 1.165) is 5.56 Å². The van der Waals surface area contributed by atoms with E-state index < -0.39 is 17.6 Å². The Morgan fingerprint density at radius 3 is 2.45 bits per heavy atom. The number of carbonyl (C=O) groups excluding carboxylic acids is 2. The summed E-state index contributed by atoms with van der Waals surface area (Å²) in [6.45, 7) is -0.103. The van der Waals surface area contributed by atoms with Gasteiger partial charge in [0.1, 0.15) is 5.82 Å². The number of carbonyl (C=O) groups is 2. The molecular weight excluding hydrogens is 351 g/mol. The fourth-order valence-electron chi connectivity index (χ4n) is 2.02. The molecule has 2 rings (SSSR count). The summed E-state index contributed by atoms with van der Waals surface area (Å²) >= 11 is 3.20. The van der Waals surface area contributed by atoms with Gasteiger partial charge < -0.3 is 10.6 Å². The van der Waals surface area contributed by atoms with Crippen molar-refractivity contribution >= 4 is 27.7 Å². The minimum absolute atomic E-state index is 0.105. The number of rotatable bonds is 5. The zero-order valence-corrected chi connectivity index (χ0v) is 13.2. The Bertz CT molecular complexity index is 692. The summed E-state index contributed by atoms with van der Waals surface area (Å²) in [4.78, 5) is 25.0. The molecule has 0 heterocycles. The van der Waals surface area contributed by atoms with Crippen molar-refractivity contribution in [2.24, 2.45) is 5.73 Å². The average Bonchev–Trinajstić information content (AvgIpc) is 2.49. The van der Waals surface area contributed by atoms with Gasteiger partial charge in [-0.05, 0) is 23.8 Å². The quantitative estimate of drug-likeness (QED) is 0.886. The van der Waals surface area contributed by atoms with Gasteiger partial charge in [0.05, 0.1) is 12.1 Å². The van der Waals surface area contributed by atoms with Gasteiger partial charge in [0.15, 0.2) is 0 Å². The van der Waals surface area contributed by atoms with E-state index in [2.05, 4.69) is 15.9 Å². The molecule has 0 aliphatic carbocycles. The molecule has 2 aromatic rings. The Labute approximate surface area is 135 Å². The predicted molar refractivity (Wildman–Crippen MR) is 84.5 cm³/mol. The van der Waals surface area contributed by atoms with Gasteiger partial charge >= 0.3 is 0 Å². The van der Waals surface area contributed by atoms with Gasteiger partial charge in [-0.15, -0.1) is 0 Å². The van der Waals surface area contributed by atoms with Crippen molar-refractivity contribution < 1.29 is 14.0 Å². The second-order valence-corrected chi connectivity index (χ2v) is 5.65. The van der Waals surface area contributed by atoms with Crippen molar-refractivity contribution in [1.82, 2.24) is 4.90 Å². The third-order valence-corrected chi connectivity index (χ3v) is 3.50. The van der Waals surface area contributed by atoms with Gasteiger partial charge in [-0.1, -0.05) is 46.3 Å². The van der Waals surface area contributed by atoms with Crippen LogP contribution in [0, 0.1) is 5.82 Å². The topological polar surface area (TPSA) is 63.4 Å². The Kier molecular flexibility index (Phi) is 5.27. The number of primary amides is 1. The normalized spacial score (nSPS) is 10.3. The summed E-state index contributed by atoms with van der Waals surface area (Å²) in [5, 5.41) is 0. The Morgan fingerprint density at radius 1 is 1.14 bits per heavy atom. The zero-order chi connectivity index (χ0) is 16.1. The minimum atomic E-state index is -0.653. The van der Waals surface area contributed by atoms with Crippen molar-refractivity contribution in [3.05, 3.63) is 69.9 Å². The van der Waals surface area contributed by atoms with Crippen molar-refractivity contribution in [2.75, 3.05) is 6.54 Å². The predicted octanol–water partition coefficient (Wildman–Crippen LogP) is 2.72. The number of halogens is 2. The fourth-order valence-corrected chi connectivity index (χ4v) is 2.38. The highest BCUT2D eigenvalue weighted by Crippen LogP contribution is 2.18. The molecule has 0 spiro atoms. The molecule has 0 aliphatic heterocycles. The molecular formula is C16H14BrFN2O2. The van der Waals surface area contributed by atoms with Crippen LogP contribution >= 0.6 is 15.9 Å². The summed E-state index contributed by atoms with van der Waals surface area (Å²) in [6.07, 6.45) is 0. The van der Waals surface area contributed by atoms with Crippen molar-refractivity contribution in [1.29, 1.82) is 0 Å². The van der Waals surface area contributed by atoms with E-state index in [1.807, 2.05) is 30.3 Å². The lowest BCUT2D eigenvalue weighted by Crippen LogP contribution is -2.38. The number of amides is 2. The van der Waals surface area contributed by atoms with Crippen LogP contribution in [0.3, 0.4) is 0 Å². The van der Waals surface area contributed by atoms with Gasteiger partial charge in [-0.2, -0.15) is 0 Å². The van der Waals surface area contributed by atoms with Crippen LogP contribution in [0.4, 0.5) is 4.39 Å². The molecule has 0 saturated carbocycles. The number of nitrogens with two attached hydrogens (primary N) is 1. The van der Waals surface area contributed by atoms with Crippen LogP contribution in [0.15, 0.2) is 53.0 Å². The highest BCUT2D eigenvalue weighted by Gasteiger charge is 2.21. The van der Waals surface area contributed by atoms with Gasteiger partial charge in [-0.3, -0.25) is 9.59 Å². The summed E-state index contributed by atoms with van der Waals surface area (Å²) < 4.78 is 14.5. The number of nitrogens with zero attached hydrogens (tertiary/aromatic N) is 1. The van der Waals surface area contributed by atoms with Crippen LogP contribution in [-0.2, 0) is 11.3 Å². The summed E-state index contributed by atoms with van der Waals surface area (Å²) in [5.41, 5.74) is 5.92. The second kappa shape index (κ2) is 7.17. The van der Waals surface area contributed by atoms with Crippen LogP contribution in [0.1, 0.15) is 15.9 Å². The molecule has 2 N–H and O–H groups in total. The van der Waals surface area contributed by atoms with Gasteiger partial charge in [-0.25, -0.2) is 4.39 Å². The summed E-state index contributed by atoms with van der Waals surface area (Å²) in [7, 11) is 0. The summed E-state index contributed by atoms with van der Waals surface area (Å²) in [5.74, 6) is -1.88. The molecule has 6 heteroatoms. The Balaban J connectivity index is 2.30. The first-order valence-corrected chi connectivity index (χ1v) is 7.33. The first-order valence-electron chi connectivity index (χ1n) is 6.54. The maximum absolute atomic E-state index is 13.9. The molecule has 0 radical (unpaired) electrons. The van der Waals surface area contributed by atoms with Crippen LogP contribution in [-0.4, -0.2) is 23.3 Å². The van der Waals surface area contributed by atoms with Crippen LogP contribution < -0.4 is 5.73 Å². The first kappa shape index (κ1) is 16.2. The summed E-state index contributed by atoms with van der Waals surface area (Å²) in [6, 6.07) is 13.2. The molecule has 4 nitrogen and oxygen atoms in total. The largest absolute Gasteiger partial charge is 0.368 e. The fraction of sp³-hybridized carbons (Fsp3) is 0.125. The third-order valence-electron chi connectivity index (χ3n) is 3.01. The zero-order valence-electron chi connectivity index (χ0n) is 11.6. The molecule has 2 amide bonds. The van der Waals surface area contributed by atoms with Gasteiger partial charge in [0.25, 0.3) is 5.91 Å². The van der Waals surface area contributed by atoms with E-state index in [0.29, 0.717) is 4.47 Å². The second-order valence-electron chi connectivity index (χ2n) is 4.74. The molecule has 0 saturated heterocycles. The van der Waals surface area contributed by atoms with E-state index in [-0.39, 0.29) is 18.7 Å². The molecule has 114 valence electrons. The lowest BCUT2D eigenvalue weighted by Gasteiger charge is -2.21. The SMILES string of the molecule is NC(=O)CN(Cc1ccccc1)C(=O)c1cc(Br)ccc1F. The van der Waals surface area contributed by atoms with Crippen LogP contribution in [0.25, 0.3) is 0 Å². The van der Waals surface area contributed by atoms with Crippen molar-refractivity contribution in [3.8, 4) is 0 Å². The molecule has 0 unspecified atom stereocenters. The minimum Gasteiger partial charge on any atom is -0.368 e. The maximum atomic E-state index is 13.9. The van der Waals surface area contributed by atoms with Crippen molar-refractivity contribution in [2.45, 2.75) is 6.54 Å². The first-order chi connectivity index (χ1) is 10.5. The Morgan fingerprint density at radius 2 is 1.82 bits per heavy atom. The van der Waals surface area contributed by atoms with Gasteiger partial charge in [0, 0.05) is 11.0 Å². The molecule has 0 fully saturated rings. The highest BCUT2D eigenvalue weighted by molar-refractivity contribution is 9.10. The van der Waals surface area contributed by atoms with E-state index in [1.54, 1.807) is 0 Å². The molecule has 2 aromatic carbocycles. The Hall–Kier alpha value is -2.21. The maximum Gasteiger partial charge on any atom is 0.257 e. The lowest BCUT2D eigenvalue weighted by molar-refractivity contribution is -0.118. The molecule has 22 heavy (non-hydrogen) atoms. The van der Waals surface area contributed by atoms with Crippen molar-refractivity contribution in [3.63, 3.8) is 0 Å². The lowest BCUT2D eigenvalue weighted by atomic mass is 10.1. The van der Waals surface area contributed by atoms with E-state index in [9.17, 15) is 14.0 Å². The monoisotopic (exact) mass is 364 g/mol. The standard InChI is InChI=1S/C16H14BrFN2O2/c17-12-6-7-14(18)13(8-12)16(22)20(10-15(19)21)9-11-4-2-1-3-5-11/h1-8H,9-10H2,(H2,19,21). The van der Waals surface area contributed by atoms with E-state index >= 15 is 0 Å². The number of hydrogen-bond donors (Lipinski definition) is 1. The van der Waals surface area contributed by atoms with E-state index in [1.165, 1.54) is 23.1 Å². The number of benzene rings is 2. The van der Waals surface area contributed by atoms with Crippen LogP contribution in [0.2, 0.25) is 0 Å². The van der Waals surface area contributed by atoms with E-state index in [4.69, 9.17) is 5.73 Å². The highest BCUT2D eigenvalue weighted by atomic mass is 79.9. The van der Waals surface area contributed by atoms with Crippen LogP contribution in [0.5, 0.6) is 0 Å².